The van der Waals surface area contributed by atoms with E-state index in [1.54, 1.807) is 26.0 Å². The molecule has 0 spiro atoms. The third kappa shape index (κ3) is 4.52. The molecule has 1 aromatic heterocycles. The molecule has 1 aromatic rings. The van der Waals surface area contributed by atoms with E-state index in [1.165, 1.54) is 13.2 Å². The van der Waals surface area contributed by atoms with E-state index in [-0.39, 0.29) is 18.3 Å². The monoisotopic (exact) mass is 267 g/mol. The molecule has 19 heavy (non-hydrogen) atoms. The summed E-state index contributed by atoms with van der Waals surface area (Å²) in [6.45, 7) is 4.83. The van der Waals surface area contributed by atoms with Crippen molar-refractivity contribution in [2.75, 3.05) is 6.61 Å². The molecule has 0 saturated heterocycles. The van der Waals surface area contributed by atoms with Gasteiger partial charge >= 0.3 is 0 Å². The summed E-state index contributed by atoms with van der Waals surface area (Å²) in [4.78, 5) is 23.2. The molecule has 5 nitrogen and oxygen atoms in total. The van der Waals surface area contributed by atoms with E-state index in [9.17, 15) is 14.7 Å². The third-order valence-corrected chi connectivity index (χ3v) is 3.09. The molecular weight excluding hydrogens is 246 g/mol. The first-order chi connectivity index (χ1) is 8.86. The maximum atomic E-state index is 12.2. The first-order valence-electron chi connectivity index (χ1n) is 6.31. The summed E-state index contributed by atoms with van der Waals surface area (Å²) >= 11 is 0. The van der Waals surface area contributed by atoms with Gasteiger partial charge in [0.2, 0.25) is 5.91 Å². The van der Waals surface area contributed by atoms with Crippen LogP contribution >= 0.6 is 0 Å². The summed E-state index contributed by atoms with van der Waals surface area (Å²) < 4.78 is 5.17. The number of aliphatic hydroxyl groups excluding tert-OH is 1. The molecule has 1 heterocycles. The standard InChI is InChI=1S/C14H21NO4/c1-10(17)6-7-14(2,3)13(18)15-11(9-16)12-5-4-8-19-12/h4-5,8,11,16H,6-7,9H2,1-3H3,(H,15,18). The highest BCUT2D eigenvalue weighted by Gasteiger charge is 2.30. The van der Waals surface area contributed by atoms with E-state index in [0.717, 1.165) is 0 Å². The Labute approximate surface area is 113 Å². The van der Waals surface area contributed by atoms with Gasteiger partial charge in [0.1, 0.15) is 17.6 Å². The average molecular weight is 267 g/mol. The first-order valence-corrected chi connectivity index (χ1v) is 6.31. The van der Waals surface area contributed by atoms with Crippen molar-refractivity contribution in [3.8, 4) is 0 Å². The second-order valence-corrected chi connectivity index (χ2v) is 5.31. The topological polar surface area (TPSA) is 79.5 Å². The highest BCUT2D eigenvalue weighted by Crippen LogP contribution is 2.24. The number of carbonyl (C=O) groups excluding carboxylic acids is 2. The summed E-state index contributed by atoms with van der Waals surface area (Å²) in [7, 11) is 0. The van der Waals surface area contributed by atoms with E-state index >= 15 is 0 Å². The zero-order chi connectivity index (χ0) is 14.5. The van der Waals surface area contributed by atoms with Crippen LogP contribution in [0.5, 0.6) is 0 Å². The van der Waals surface area contributed by atoms with Crippen molar-refractivity contribution in [2.24, 2.45) is 5.41 Å². The summed E-state index contributed by atoms with van der Waals surface area (Å²) in [5.41, 5.74) is -0.661. The van der Waals surface area contributed by atoms with Crippen molar-refractivity contribution >= 4 is 11.7 Å². The Morgan fingerprint density at radius 1 is 1.47 bits per heavy atom. The van der Waals surface area contributed by atoms with Crippen molar-refractivity contribution in [1.82, 2.24) is 5.32 Å². The average Bonchev–Trinajstić information content (AvgIpc) is 2.86. The maximum absolute atomic E-state index is 12.2. The molecule has 2 N–H and O–H groups in total. The van der Waals surface area contributed by atoms with Crippen LogP contribution < -0.4 is 5.32 Å². The first kappa shape index (κ1) is 15.4. The van der Waals surface area contributed by atoms with Gasteiger partial charge in [-0.15, -0.1) is 0 Å². The van der Waals surface area contributed by atoms with Crippen LogP contribution in [-0.2, 0) is 9.59 Å². The summed E-state index contributed by atoms with van der Waals surface area (Å²) in [5.74, 6) is 0.369. The molecule has 0 aromatic carbocycles. The minimum absolute atomic E-state index is 0.0608. The Morgan fingerprint density at radius 3 is 2.63 bits per heavy atom. The van der Waals surface area contributed by atoms with Crippen LogP contribution in [-0.4, -0.2) is 23.4 Å². The Hall–Kier alpha value is -1.62. The van der Waals surface area contributed by atoms with E-state index < -0.39 is 11.5 Å². The van der Waals surface area contributed by atoms with Gasteiger partial charge in [-0.05, 0) is 25.5 Å². The lowest BCUT2D eigenvalue weighted by atomic mass is 9.86. The molecule has 0 bridgehead atoms. The summed E-state index contributed by atoms with van der Waals surface area (Å²) in [6.07, 6.45) is 2.33. The molecule has 1 rings (SSSR count). The second-order valence-electron chi connectivity index (χ2n) is 5.31. The normalized spacial score (nSPS) is 13.1. The molecule has 0 radical (unpaired) electrons. The van der Waals surface area contributed by atoms with Crippen molar-refractivity contribution in [1.29, 1.82) is 0 Å². The van der Waals surface area contributed by atoms with Crippen LogP contribution in [0.15, 0.2) is 22.8 Å². The van der Waals surface area contributed by atoms with Gasteiger partial charge in [0.05, 0.1) is 12.9 Å². The van der Waals surface area contributed by atoms with Crippen molar-refractivity contribution in [3.63, 3.8) is 0 Å². The van der Waals surface area contributed by atoms with Gasteiger partial charge in [0.15, 0.2) is 0 Å². The molecule has 5 heteroatoms. The van der Waals surface area contributed by atoms with Gasteiger partial charge in [-0.25, -0.2) is 0 Å². The smallest absolute Gasteiger partial charge is 0.226 e. The Kier molecular flexibility index (Phi) is 5.30. The van der Waals surface area contributed by atoms with Crippen LogP contribution in [0.25, 0.3) is 0 Å². The minimum Gasteiger partial charge on any atom is -0.467 e. The molecule has 0 aliphatic heterocycles. The number of hydrogen-bond acceptors (Lipinski definition) is 4. The van der Waals surface area contributed by atoms with Gasteiger partial charge in [-0.1, -0.05) is 13.8 Å². The predicted molar refractivity (Wildman–Crippen MR) is 70.4 cm³/mol. The quantitative estimate of drug-likeness (QED) is 0.789. The predicted octanol–water partition coefficient (Wildman–Crippen LogP) is 1.82. The summed E-state index contributed by atoms with van der Waals surface area (Å²) in [5, 5.41) is 12.0. The van der Waals surface area contributed by atoms with E-state index in [1.807, 2.05) is 0 Å². The SMILES string of the molecule is CC(=O)CCC(C)(C)C(=O)NC(CO)c1ccco1. The highest BCUT2D eigenvalue weighted by atomic mass is 16.3. The number of nitrogens with one attached hydrogen (secondary N) is 1. The number of Topliss-reactive ketones (excluding diaryl/α,β-unsaturated/α-hetero) is 1. The summed E-state index contributed by atoms with van der Waals surface area (Å²) in [6, 6.07) is 2.84. The van der Waals surface area contributed by atoms with Gasteiger partial charge in [0.25, 0.3) is 0 Å². The lowest BCUT2D eigenvalue weighted by Gasteiger charge is -2.25. The fourth-order valence-corrected chi connectivity index (χ4v) is 1.65. The molecule has 0 saturated carbocycles. The zero-order valence-corrected chi connectivity index (χ0v) is 11.6. The third-order valence-electron chi connectivity index (χ3n) is 3.09. The second kappa shape index (κ2) is 6.52. The fraction of sp³-hybridized carbons (Fsp3) is 0.571. The minimum atomic E-state index is -0.661. The number of carbonyl (C=O) groups is 2. The van der Waals surface area contributed by atoms with Gasteiger partial charge < -0.3 is 19.6 Å². The van der Waals surface area contributed by atoms with Crippen LogP contribution in [0.4, 0.5) is 0 Å². The van der Waals surface area contributed by atoms with Crippen LogP contribution in [0.2, 0.25) is 0 Å². The van der Waals surface area contributed by atoms with Gasteiger partial charge in [0, 0.05) is 11.8 Å². The maximum Gasteiger partial charge on any atom is 0.226 e. The number of aliphatic hydroxyl groups is 1. The zero-order valence-electron chi connectivity index (χ0n) is 11.6. The molecule has 1 unspecified atom stereocenters. The lowest BCUT2D eigenvalue weighted by Crippen LogP contribution is -2.40. The lowest BCUT2D eigenvalue weighted by molar-refractivity contribution is -0.131. The molecule has 1 amide bonds. The fourth-order valence-electron chi connectivity index (χ4n) is 1.65. The Balaban J connectivity index is 2.64. The molecule has 0 fully saturated rings. The molecule has 1 atom stereocenters. The molecular formula is C14H21NO4. The largest absolute Gasteiger partial charge is 0.467 e. The van der Waals surface area contributed by atoms with Crippen LogP contribution in [0, 0.1) is 5.41 Å². The number of hydrogen-bond donors (Lipinski definition) is 2. The number of ketones is 1. The highest BCUT2D eigenvalue weighted by molar-refractivity contribution is 5.83. The van der Waals surface area contributed by atoms with Gasteiger partial charge in [-0.3, -0.25) is 4.79 Å². The van der Waals surface area contributed by atoms with Crippen molar-refractivity contribution in [3.05, 3.63) is 24.2 Å². The molecule has 0 aliphatic rings. The number of amides is 1. The van der Waals surface area contributed by atoms with Crippen LogP contribution in [0.1, 0.15) is 45.4 Å². The number of rotatable bonds is 7. The number of furan rings is 1. The van der Waals surface area contributed by atoms with Crippen LogP contribution in [0.3, 0.4) is 0 Å². The molecule has 106 valence electrons. The molecule has 0 aliphatic carbocycles. The van der Waals surface area contributed by atoms with E-state index in [2.05, 4.69) is 5.32 Å². The Bertz CT molecular complexity index is 423. The van der Waals surface area contributed by atoms with Crippen molar-refractivity contribution in [2.45, 2.75) is 39.7 Å². The van der Waals surface area contributed by atoms with E-state index in [4.69, 9.17) is 4.42 Å². The van der Waals surface area contributed by atoms with E-state index in [0.29, 0.717) is 18.6 Å². The van der Waals surface area contributed by atoms with Gasteiger partial charge in [-0.2, -0.15) is 0 Å². The van der Waals surface area contributed by atoms with Crippen molar-refractivity contribution < 1.29 is 19.1 Å². The Morgan fingerprint density at radius 2 is 2.16 bits per heavy atom.